The van der Waals surface area contributed by atoms with Gasteiger partial charge in [-0.15, -0.1) is 0 Å². The van der Waals surface area contributed by atoms with E-state index >= 15 is 0 Å². The van der Waals surface area contributed by atoms with E-state index in [-0.39, 0.29) is 25.2 Å². The number of rotatable bonds is 46. The predicted octanol–water partition coefficient (Wildman–Crippen LogP) is 16.8. The van der Waals surface area contributed by atoms with Gasteiger partial charge < -0.3 is 14.2 Å². The molecule has 0 aromatic carbocycles. The largest absolute Gasteiger partial charge is 0.462 e. The maximum Gasteiger partial charge on any atom is 0.306 e. The van der Waals surface area contributed by atoms with Gasteiger partial charge in [0.25, 0.3) is 0 Å². The smallest absolute Gasteiger partial charge is 0.306 e. The quantitative estimate of drug-likeness (QED) is 0.0348. The molecule has 0 aliphatic heterocycles. The van der Waals surface area contributed by atoms with E-state index in [1.54, 1.807) is 0 Å². The molecule has 0 saturated carbocycles. The average molecular weight is 813 g/mol. The van der Waals surface area contributed by atoms with Crippen LogP contribution in [0.15, 0.2) is 48.6 Å². The van der Waals surface area contributed by atoms with Gasteiger partial charge in [0.1, 0.15) is 6.61 Å². The second-order valence-electron chi connectivity index (χ2n) is 16.7. The molecule has 58 heavy (non-hydrogen) atoms. The van der Waals surface area contributed by atoms with Gasteiger partial charge in [0.15, 0.2) is 6.10 Å². The van der Waals surface area contributed by atoms with Crippen molar-refractivity contribution in [3.63, 3.8) is 0 Å². The highest BCUT2D eigenvalue weighted by atomic mass is 16.6. The van der Waals surface area contributed by atoms with Crippen LogP contribution in [0.4, 0.5) is 0 Å². The van der Waals surface area contributed by atoms with Gasteiger partial charge in [-0.3, -0.25) is 9.59 Å². The Labute approximate surface area is 361 Å². The van der Waals surface area contributed by atoms with Crippen LogP contribution in [0.2, 0.25) is 0 Å². The lowest BCUT2D eigenvalue weighted by Crippen LogP contribution is -2.30. The van der Waals surface area contributed by atoms with Gasteiger partial charge in [0.2, 0.25) is 0 Å². The monoisotopic (exact) mass is 813 g/mol. The first kappa shape index (κ1) is 55.9. The molecule has 5 heteroatoms. The summed E-state index contributed by atoms with van der Waals surface area (Å²) in [6.07, 6.45) is 59.7. The average Bonchev–Trinajstić information content (AvgIpc) is 3.22. The lowest BCUT2D eigenvalue weighted by atomic mass is 10.0. The Morgan fingerprint density at radius 2 is 0.793 bits per heavy atom. The van der Waals surface area contributed by atoms with Crippen molar-refractivity contribution in [3.05, 3.63) is 48.6 Å². The fourth-order valence-corrected chi connectivity index (χ4v) is 7.09. The molecule has 0 fully saturated rings. The summed E-state index contributed by atoms with van der Waals surface area (Å²) in [5, 5.41) is 0. The van der Waals surface area contributed by atoms with E-state index in [1.807, 2.05) is 0 Å². The minimum absolute atomic E-state index is 0.0765. The van der Waals surface area contributed by atoms with Crippen molar-refractivity contribution >= 4 is 11.9 Å². The molecule has 0 radical (unpaired) electrons. The number of unbranched alkanes of at least 4 members (excludes halogenated alkanes) is 27. The highest BCUT2D eigenvalue weighted by Crippen LogP contribution is 2.15. The molecule has 0 rings (SSSR count). The molecule has 0 aromatic rings. The molecule has 5 nitrogen and oxygen atoms in total. The van der Waals surface area contributed by atoms with E-state index in [4.69, 9.17) is 14.2 Å². The van der Waals surface area contributed by atoms with Crippen molar-refractivity contribution in [2.45, 2.75) is 258 Å². The number of ether oxygens (including phenoxy) is 3. The maximum atomic E-state index is 12.8. The van der Waals surface area contributed by atoms with Crippen molar-refractivity contribution in [1.82, 2.24) is 0 Å². The second kappa shape index (κ2) is 49.2. The summed E-state index contributed by atoms with van der Waals surface area (Å²) in [6, 6.07) is 0. The summed E-state index contributed by atoms with van der Waals surface area (Å²) in [5.41, 5.74) is 0. The van der Waals surface area contributed by atoms with E-state index < -0.39 is 6.10 Å². The number of esters is 2. The van der Waals surface area contributed by atoms with Crippen LogP contribution >= 0.6 is 0 Å². The number of hydrogen-bond donors (Lipinski definition) is 0. The van der Waals surface area contributed by atoms with Crippen LogP contribution in [-0.2, 0) is 23.8 Å². The first-order chi connectivity index (χ1) is 28.6. The van der Waals surface area contributed by atoms with Crippen LogP contribution in [0.5, 0.6) is 0 Å². The minimum Gasteiger partial charge on any atom is -0.462 e. The van der Waals surface area contributed by atoms with E-state index in [2.05, 4.69) is 69.4 Å². The van der Waals surface area contributed by atoms with Crippen LogP contribution < -0.4 is 0 Å². The lowest BCUT2D eigenvalue weighted by Gasteiger charge is -2.18. The summed E-state index contributed by atoms with van der Waals surface area (Å²) in [6.45, 7) is 7.68. The van der Waals surface area contributed by atoms with Crippen LogP contribution in [0.3, 0.4) is 0 Å². The van der Waals surface area contributed by atoms with Crippen LogP contribution in [-0.4, -0.2) is 37.9 Å². The number of carbonyl (C=O) groups excluding carboxylic acids is 2. The molecular formula is C53H96O5. The van der Waals surface area contributed by atoms with Crippen LogP contribution in [0, 0.1) is 0 Å². The molecular weight excluding hydrogens is 717 g/mol. The van der Waals surface area contributed by atoms with Gasteiger partial charge in [0, 0.05) is 19.4 Å². The number of carbonyl (C=O) groups is 2. The lowest BCUT2D eigenvalue weighted by molar-refractivity contribution is -0.163. The van der Waals surface area contributed by atoms with E-state index in [9.17, 15) is 9.59 Å². The summed E-state index contributed by atoms with van der Waals surface area (Å²) < 4.78 is 17.4. The zero-order chi connectivity index (χ0) is 42.1. The molecule has 0 unspecified atom stereocenters. The number of allylic oxidation sites excluding steroid dienone is 8. The molecule has 0 N–H and O–H groups in total. The van der Waals surface area contributed by atoms with E-state index in [1.165, 1.54) is 135 Å². The van der Waals surface area contributed by atoms with Crippen molar-refractivity contribution in [3.8, 4) is 0 Å². The van der Waals surface area contributed by atoms with Crippen molar-refractivity contribution in [2.24, 2.45) is 0 Å². The molecule has 1 atom stereocenters. The Morgan fingerprint density at radius 3 is 1.31 bits per heavy atom. The van der Waals surface area contributed by atoms with Gasteiger partial charge in [-0.2, -0.15) is 0 Å². The predicted molar refractivity (Wildman–Crippen MR) is 251 cm³/mol. The zero-order valence-corrected chi connectivity index (χ0v) is 38.8. The highest BCUT2D eigenvalue weighted by Gasteiger charge is 2.17. The van der Waals surface area contributed by atoms with Crippen molar-refractivity contribution < 1.29 is 23.8 Å². The molecule has 0 amide bonds. The Hall–Kier alpha value is -2.14. The highest BCUT2D eigenvalue weighted by molar-refractivity contribution is 5.70. The van der Waals surface area contributed by atoms with Crippen molar-refractivity contribution in [2.75, 3.05) is 19.8 Å². The number of hydrogen-bond acceptors (Lipinski definition) is 5. The first-order valence-electron chi connectivity index (χ1n) is 25.2. The third-order valence-electron chi connectivity index (χ3n) is 10.8. The molecule has 0 spiro atoms. The first-order valence-corrected chi connectivity index (χ1v) is 25.2. The normalized spacial score (nSPS) is 12.5. The molecule has 338 valence electrons. The standard InChI is InChI=1S/C53H96O5/c1-4-7-10-13-16-19-22-24-26-28-30-33-36-39-42-45-48-56-49-51(50-57-52(54)46-43-40-37-34-31-21-18-15-12-9-6-3)58-53(55)47-44-41-38-35-32-29-27-25-23-20-17-14-11-8-5-2/h8,11,15,17-18,20,25,27,51H,4-7,9-10,12-14,16,19,21-24,26,28-50H2,1-3H3/b11-8-,18-15-,20-17-,27-25-/t51-/m1/s1. The SMILES string of the molecule is CC/C=C\C/C=C\C/C=C\CCCCCCCC(=O)O[C@H](COCCCCCCCCCCCCCCCCCC)COC(=O)CCCCCCC/C=C\CCCC. The topological polar surface area (TPSA) is 61.8 Å². The maximum absolute atomic E-state index is 12.8. The Morgan fingerprint density at radius 1 is 0.397 bits per heavy atom. The molecule has 0 saturated heterocycles. The van der Waals surface area contributed by atoms with E-state index in [0.717, 1.165) is 83.5 Å². The van der Waals surface area contributed by atoms with Crippen LogP contribution in [0.1, 0.15) is 252 Å². The zero-order valence-electron chi connectivity index (χ0n) is 38.8. The third kappa shape index (κ3) is 46.5. The molecule has 0 aromatic heterocycles. The summed E-state index contributed by atoms with van der Waals surface area (Å²) in [4.78, 5) is 25.3. The van der Waals surface area contributed by atoms with Gasteiger partial charge in [-0.05, 0) is 70.6 Å². The molecule has 0 aliphatic rings. The Bertz CT molecular complexity index is 966. The fourth-order valence-electron chi connectivity index (χ4n) is 7.09. The Kier molecular flexibility index (Phi) is 47.4. The summed E-state index contributed by atoms with van der Waals surface area (Å²) >= 11 is 0. The fraction of sp³-hybridized carbons (Fsp3) is 0.811. The summed E-state index contributed by atoms with van der Waals surface area (Å²) in [5.74, 6) is -0.419. The molecule has 0 heterocycles. The van der Waals surface area contributed by atoms with E-state index in [0.29, 0.717) is 19.4 Å². The van der Waals surface area contributed by atoms with Gasteiger partial charge in [-0.25, -0.2) is 0 Å². The Balaban J connectivity index is 4.26. The minimum atomic E-state index is -0.544. The third-order valence-corrected chi connectivity index (χ3v) is 10.8. The second-order valence-corrected chi connectivity index (χ2v) is 16.7. The van der Waals surface area contributed by atoms with Gasteiger partial charge in [0.05, 0.1) is 6.61 Å². The van der Waals surface area contributed by atoms with Crippen LogP contribution in [0.25, 0.3) is 0 Å². The van der Waals surface area contributed by atoms with Crippen molar-refractivity contribution in [1.29, 1.82) is 0 Å². The molecule has 0 aliphatic carbocycles. The molecule has 0 bridgehead atoms. The van der Waals surface area contributed by atoms with Gasteiger partial charge >= 0.3 is 11.9 Å². The van der Waals surface area contributed by atoms with Gasteiger partial charge in [-0.1, -0.05) is 217 Å². The summed E-state index contributed by atoms with van der Waals surface area (Å²) in [7, 11) is 0.